The van der Waals surface area contributed by atoms with E-state index in [1.807, 2.05) is 30.3 Å². The second-order valence-corrected chi connectivity index (χ2v) is 6.43. The van der Waals surface area contributed by atoms with Crippen LogP contribution in [0.3, 0.4) is 0 Å². The lowest BCUT2D eigenvalue weighted by Crippen LogP contribution is -2.16. The first-order chi connectivity index (χ1) is 13.4. The average Bonchev–Trinajstić information content (AvgIpc) is 3.00. The van der Waals surface area contributed by atoms with Gasteiger partial charge in [-0.25, -0.2) is 9.48 Å². The van der Waals surface area contributed by atoms with Crippen LogP contribution in [0.25, 0.3) is 5.69 Å². The van der Waals surface area contributed by atoms with Crippen LogP contribution < -0.4 is 10.5 Å². The minimum atomic E-state index is -0.652. The summed E-state index contributed by atoms with van der Waals surface area (Å²) >= 11 is 5.99. The summed E-state index contributed by atoms with van der Waals surface area (Å²) in [6.45, 7) is 3.52. The quantitative estimate of drug-likeness (QED) is 0.306. The zero-order valence-corrected chi connectivity index (χ0v) is 16.4. The molecule has 2 N–H and O–H groups in total. The number of carbonyl (C=O) groups is 1. The first kappa shape index (κ1) is 19.4. The van der Waals surface area contributed by atoms with E-state index < -0.39 is 5.97 Å². The van der Waals surface area contributed by atoms with Crippen molar-refractivity contribution >= 4 is 23.4 Å². The van der Waals surface area contributed by atoms with Crippen LogP contribution in [0.15, 0.2) is 53.7 Å². The van der Waals surface area contributed by atoms with Crippen molar-refractivity contribution in [2.24, 2.45) is 10.9 Å². The first-order valence-electron chi connectivity index (χ1n) is 8.42. The highest BCUT2D eigenvalue weighted by atomic mass is 35.5. The van der Waals surface area contributed by atoms with E-state index in [0.717, 1.165) is 5.69 Å². The third kappa shape index (κ3) is 3.84. The number of nitrogens with two attached hydrogens (primary N) is 1. The Labute approximate surface area is 167 Å². The molecule has 0 bridgehead atoms. The Balaban J connectivity index is 1.87. The van der Waals surface area contributed by atoms with Crippen molar-refractivity contribution in [2.45, 2.75) is 13.8 Å². The van der Waals surface area contributed by atoms with Gasteiger partial charge in [-0.2, -0.15) is 5.10 Å². The molecule has 0 fully saturated rings. The number of halogens is 1. The number of nitrogens with zero attached hydrogens (tertiary/aromatic N) is 3. The molecule has 0 atom stereocenters. The van der Waals surface area contributed by atoms with E-state index in [-0.39, 0.29) is 5.84 Å². The number of aryl methyl sites for hydroxylation is 1. The largest absolute Gasteiger partial charge is 0.496 e. The van der Waals surface area contributed by atoms with Crippen molar-refractivity contribution in [3.8, 4) is 11.4 Å². The number of rotatable bonds is 5. The van der Waals surface area contributed by atoms with Gasteiger partial charge < -0.3 is 15.3 Å². The molecule has 1 heterocycles. The van der Waals surface area contributed by atoms with Crippen LogP contribution in [0.1, 0.15) is 27.3 Å². The number of amidine groups is 1. The van der Waals surface area contributed by atoms with Crippen molar-refractivity contribution in [3.05, 3.63) is 76.1 Å². The summed E-state index contributed by atoms with van der Waals surface area (Å²) in [6.07, 6.45) is 0. The van der Waals surface area contributed by atoms with E-state index in [0.29, 0.717) is 33.3 Å². The Hall–Kier alpha value is -3.32. The monoisotopic (exact) mass is 398 g/mol. The van der Waals surface area contributed by atoms with Crippen LogP contribution in [-0.4, -0.2) is 28.7 Å². The van der Waals surface area contributed by atoms with Crippen molar-refractivity contribution in [2.75, 3.05) is 7.11 Å². The molecule has 0 radical (unpaired) electrons. The van der Waals surface area contributed by atoms with Crippen LogP contribution in [0.4, 0.5) is 0 Å². The lowest BCUT2D eigenvalue weighted by Gasteiger charge is -2.08. The number of aromatic nitrogens is 2. The van der Waals surface area contributed by atoms with Gasteiger partial charge in [-0.1, -0.05) is 35.0 Å². The molecular weight excluding hydrogens is 380 g/mol. The second kappa shape index (κ2) is 8.14. The molecule has 0 aliphatic rings. The highest BCUT2D eigenvalue weighted by Gasteiger charge is 2.21. The smallest absolute Gasteiger partial charge is 0.369 e. The molecule has 0 saturated carbocycles. The number of benzene rings is 2. The van der Waals surface area contributed by atoms with Crippen LogP contribution in [0, 0.1) is 13.8 Å². The van der Waals surface area contributed by atoms with Crippen LogP contribution in [0.5, 0.6) is 5.75 Å². The summed E-state index contributed by atoms with van der Waals surface area (Å²) < 4.78 is 6.91. The number of hydrogen-bond acceptors (Lipinski definition) is 5. The van der Waals surface area contributed by atoms with Crippen molar-refractivity contribution in [1.82, 2.24) is 9.78 Å². The normalized spacial score (nSPS) is 11.4. The summed E-state index contributed by atoms with van der Waals surface area (Å²) in [5, 5.41) is 8.63. The molecule has 144 valence electrons. The SMILES string of the molecule is COc1ccc(Cl)cc1/C(N)=N/OC(=O)c1c(C)nn(-c2ccccc2)c1C. The molecular formula is C20H19ClN4O3. The molecule has 0 spiro atoms. The van der Waals surface area contributed by atoms with E-state index in [1.54, 1.807) is 36.7 Å². The van der Waals surface area contributed by atoms with Crippen LogP contribution in [-0.2, 0) is 4.84 Å². The highest BCUT2D eigenvalue weighted by Crippen LogP contribution is 2.23. The fourth-order valence-corrected chi connectivity index (χ4v) is 3.00. The summed E-state index contributed by atoms with van der Waals surface area (Å²) in [5.74, 6) is -0.217. The topological polar surface area (TPSA) is 91.7 Å². The zero-order valence-electron chi connectivity index (χ0n) is 15.6. The van der Waals surface area contributed by atoms with Gasteiger partial charge in [0.1, 0.15) is 11.3 Å². The number of hydrogen-bond donors (Lipinski definition) is 1. The predicted molar refractivity (Wildman–Crippen MR) is 107 cm³/mol. The van der Waals surface area contributed by atoms with Crippen molar-refractivity contribution in [1.29, 1.82) is 0 Å². The number of carbonyl (C=O) groups excluding carboxylic acids is 1. The minimum absolute atomic E-state index is 0.0292. The third-order valence-electron chi connectivity index (χ3n) is 4.16. The van der Waals surface area contributed by atoms with E-state index in [9.17, 15) is 4.79 Å². The van der Waals surface area contributed by atoms with Gasteiger partial charge in [-0.15, -0.1) is 0 Å². The summed E-state index contributed by atoms with van der Waals surface area (Å²) in [6, 6.07) is 14.4. The number of ether oxygens (including phenoxy) is 1. The van der Waals surface area contributed by atoms with Crippen molar-refractivity contribution in [3.63, 3.8) is 0 Å². The molecule has 8 heteroatoms. The first-order valence-corrected chi connectivity index (χ1v) is 8.80. The van der Waals surface area contributed by atoms with Gasteiger partial charge in [-0.05, 0) is 44.2 Å². The van der Waals surface area contributed by atoms with Gasteiger partial charge in [0.25, 0.3) is 0 Å². The van der Waals surface area contributed by atoms with Gasteiger partial charge in [0, 0.05) is 5.02 Å². The maximum absolute atomic E-state index is 12.6. The zero-order chi connectivity index (χ0) is 20.3. The molecule has 1 aromatic heterocycles. The van der Waals surface area contributed by atoms with Gasteiger partial charge in [0.2, 0.25) is 0 Å². The maximum Gasteiger partial charge on any atom is 0.369 e. The summed E-state index contributed by atoms with van der Waals surface area (Å²) in [7, 11) is 1.50. The molecule has 3 aromatic rings. The number of oxime groups is 1. The fourth-order valence-electron chi connectivity index (χ4n) is 2.82. The van der Waals surface area contributed by atoms with Crippen molar-refractivity contribution < 1.29 is 14.4 Å². The number of para-hydroxylation sites is 1. The molecule has 0 aliphatic carbocycles. The Bertz CT molecular complexity index is 1050. The average molecular weight is 399 g/mol. The van der Waals surface area contributed by atoms with Crippen LogP contribution in [0.2, 0.25) is 5.02 Å². The number of methoxy groups -OCH3 is 1. The molecule has 7 nitrogen and oxygen atoms in total. The fraction of sp³-hybridized carbons (Fsp3) is 0.150. The Kier molecular flexibility index (Phi) is 5.65. The predicted octanol–water partition coefficient (Wildman–Crippen LogP) is 3.63. The Morgan fingerprint density at radius 2 is 1.89 bits per heavy atom. The summed E-state index contributed by atoms with van der Waals surface area (Å²) in [4.78, 5) is 17.7. The van der Waals surface area contributed by atoms with E-state index >= 15 is 0 Å². The molecule has 28 heavy (non-hydrogen) atoms. The van der Waals surface area contributed by atoms with Gasteiger partial charge in [0.05, 0.1) is 29.7 Å². The maximum atomic E-state index is 12.6. The molecule has 0 aliphatic heterocycles. The van der Waals surface area contributed by atoms with Gasteiger partial charge >= 0.3 is 5.97 Å². The minimum Gasteiger partial charge on any atom is -0.496 e. The van der Waals surface area contributed by atoms with E-state index in [4.69, 9.17) is 26.9 Å². The molecule has 0 unspecified atom stereocenters. The summed E-state index contributed by atoms with van der Waals surface area (Å²) in [5.41, 5.74) is 8.72. The molecule has 0 amide bonds. The lowest BCUT2D eigenvalue weighted by atomic mass is 10.2. The highest BCUT2D eigenvalue weighted by molar-refractivity contribution is 6.31. The molecule has 3 rings (SSSR count). The molecule has 0 saturated heterocycles. The van der Waals surface area contributed by atoms with Crippen LogP contribution >= 0.6 is 11.6 Å². The Morgan fingerprint density at radius 3 is 2.57 bits per heavy atom. The Morgan fingerprint density at radius 1 is 1.18 bits per heavy atom. The van der Waals surface area contributed by atoms with Gasteiger partial charge in [-0.3, -0.25) is 0 Å². The second-order valence-electron chi connectivity index (χ2n) is 5.99. The molecule has 2 aromatic carbocycles. The standard InChI is InChI=1S/C20H19ClN4O3/c1-12-18(13(2)25(23-12)15-7-5-4-6-8-15)20(26)28-24-19(22)16-11-14(21)9-10-17(16)27-3/h4-11H,1-3H3,(H2,22,24). The van der Waals surface area contributed by atoms with Gasteiger partial charge in [0.15, 0.2) is 5.84 Å². The van der Waals surface area contributed by atoms with E-state index in [2.05, 4.69) is 10.3 Å². The third-order valence-corrected chi connectivity index (χ3v) is 4.40. The van der Waals surface area contributed by atoms with E-state index in [1.165, 1.54) is 7.11 Å². The lowest BCUT2D eigenvalue weighted by molar-refractivity contribution is 0.0514.